The molecule has 0 saturated carbocycles. The van der Waals surface area contributed by atoms with E-state index in [1.165, 1.54) is 56.0 Å². The molecule has 1 aromatic heterocycles. The van der Waals surface area contributed by atoms with Crippen molar-refractivity contribution in [3.05, 3.63) is 57.0 Å². The Hall–Kier alpha value is -3.66. The highest BCUT2D eigenvalue weighted by atomic mass is 32.1. The van der Waals surface area contributed by atoms with Crippen molar-refractivity contribution in [1.82, 2.24) is 5.43 Å². The Morgan fingerprint density at radius 1 is 1.21 bits per heavy atom. The van der Waals surface area contributed by atoms with Crippen molar-refractivity contribution >= 4 is 39.2 Å². The lowest BCUT2D eigenvalue weighted by molar-refractivity contribution is -0.384. The van der Waals surface area contributed by atoms with Gasteiger partial charge in [-0.25, -0.2) is 5.43 Å². The molecule has 0 aliphatic carbocycles. The summed E-state index contributed by atoms with van der Waals surface area (Å²) in [7, 11) is 2.81. The van der Waals surface area contributed by atoms with Crippen LogP contribution in [-0.4, -0.2) is 36.4 Å². The smallest absolute Gasteiger partial charge is 0.281 e. The molecule has 0 aliphatic heterocycles. The number of hydrazone groups is 1. The highest BCUT2D eigenvalue weighted by Crippen LogP contribution is 2.36. The minimum absolute atomic E-state index is 0.0366. The van der Waals surface area contributed by atoms with Gasteiger partial charge in [0.05, 0.1) is 30.2 Å². The maximum Gasteiger partial charge on any atom is 0.281 e. The molecule has 0 saturated heterocycles. The zero-order chi connectivity index (χ0) is 20.3. The first kappa shape index (κ1) is 19.1. The van der Waals surface area contributed by atoms with Gasteiger partial charge in [0.1, 0.15) is 0 Å². The number of fused-ring (bicyclic) bond motifs is 1. The first-order chi connectivity index (χ1) is 13.4. The molecule has 3 rings (SSSR count). The summed E-state index contributed by atoms with van der Waals surface area (Å²) in [5.74, 6) is -0.167. The van der Waals surface area contributed by atoms with Crippen molar-refractivity contribution in [1.29, 1.82) is 0 Å². The van der Waals surface area contributed by atoms with Crippen molar-refractivity contribution in [2.24, 2.45) is 5.10 Å². The number of aromatic hydroxyl groups is 1. The maximum absolute atomic E-state index is 12.3. The van der Waals surface area contributed by atoms with Gasteiger partial charge >= 0.3 is 0 Å². The van der Waals surface area contributed by atoms with Gasteiger partial charge in [-0.05, 0) is 24.3 Å². The van der Waals surface area contributed by atoms with Crippen LogP contribution in [0.4, 0.5) is 5.69 Å². The molecular formula is C18H15N3O6S. The van der Waals surface area contributed by atoms with Crippen molar-refractivity contribution in [2.75, 3.05) is 14.2 Å². The third-order valence-electron chi connectivity index (χ3n) is 3.82. The number of hydrogen-bond acceptors (Lipinski definition) is 8. The van der Waals surface area contributed by atoms with Gasteiger partial charge in [0.15, 0.2) is 11.5 Å². The molecule has 2 N–H and O–H groups in total. The highest BCUT2D eigenvalue weighted by Gasteiger charge is 2.13. The fourth-order valence-corrected chi connectivity index (χ4v) is 3.40. The number of nitro groups is 1. The number of phenols is 1. The van der Waals surface area contributed by atoms with E-state index in [4.69, 9.17) is 9.47 Å². The first-order valence-corrected chi connectivity index (χ1v) is 8.71. The Bertz CT molecular complexity index is 1070. The third kappa shape index (κ3) is 3.86. The number of ether oxygens (including phenoxy) is 2. The van der Waals surface area contributed by atoms with Crippen LogP contribution in [0.5, 0.6) is 17.2 Å². The van der Waals surface area contributed by atoms with Gasteiger partial charge in [-0.1, -0.05) is 0 Å². The molecule has 144 valence electrons. The van der Waals surface area contributed by atoms with E-state index in [0.717, 1.165) is 4.70 Å². The Morgan fingerprint density at radius 3 is 2.50 bits per heavy atom. The summed E-state index contributed by atoms with van der Waals surface area (Å²) < 4.78 is 10.9. The van der Waals surface area contributed by atoms with Crippen molar-refractivity contribution in [2.45, 2.75) is 0 Å². The minimum Gasteiger partial charge on any atom is -0.502 e. The van der Waals surface area contributed by atoms with E-state index in [1.807, 2.05) is 0 Å². The molecular weight excluding hydrogens is 386 g/mol. The van der Waals surface area contributed by atoms with Gasteiger partial charge in [-0.2, -0.15) is 5.10 Å². The molecule has 10 heteroatoms. The Kier molecular flexibility index (Phi) is 5.41. The monoisotopic (exact) mass is 401 g/mol. The predicted octanol–water partition coefficient (Wildman–Crippen LogP) is 3.30. The quantitative estimate of drug-likeness (QED) is 0.371. The van der Waals surface area contributed by atoms with Gasteiger partial charge in [-0.3, -0.25) is 14.9 Å². The van der Waals surface area contributed by atoms with Gasteiger partial charge in [0.25, 0.3) is 11.6 Å². The van der Waals surface area contributed by atoms with Crippen LogP contribution in [0.1, 0.15) is 15.2 Å². The van der Waals surface area contributed by atoms with Crippen molar-refractivity contribution < 1.29 is 24.3 Å². The van der Waals surface area contributed by atoms with Crippen LogP contribution < -0.4 is 14.9 Å². The Morgan fingerprint density at radius 2 is 1.89 bits per heavy atom. The molecule has 0 unspecified atom stereocenters. The van der Waals surface area contributed by atoms with Crippen LogP contribution in [-0.2, 0) is 0 Å². The van der Waals surface area contributed by atoms with Gasteiger partial charge in [0, 0.05) is 27.8 Å². The molecule has 9 nitrogen and oxygen atoms in total. The summed E-state index contributed by atoms with van der Waals surface area (Å²) in [6, 6.07) is 9.06. The zero-order valence-electron chi connectivity index (χ0n) is 14.8. The first-order valence-electron chi connectivity index (χ1n) is 7.89. The molecule has 0 aliphatic rings. The lowest BCUT2D eigenvalue weighted by atomic mass is 10.2. The number of non-ortho nitro benzene ring substituents is 1. The average molecular weight is 401 g/mol. The summed E-state index contributed by atoms with van der Waals surface area (Å²) in [6.45, 7) is 0. The molecule has 3 aromatic rings. The average Bonchev–Trinajstić information content (AvgIpc) is 3.12. The van der Waals surface area contributed by atoms with E-state index in [9.17, 15) is 20.0 Å². The second-order valence-corrected chi connectivity index (χ2v) is 6.65. The van der Waals surface area contributed by atoms with Crippen LogP contribution in [0, 0.1) is 10.1 Å². The molecule has 1 amide bonds. The Balaban J connectivity index is 1.77. The SMILES string of the molecule is COc1cc(/C=N\NC(=O)c2cc3cc([N+](=O)[O-])ccc3s2)cc(OC)c1O. The van der Waals surface area contributed by atoms with Crippen LogP contribution in [0.15, 0.2) is 41.5 Å². The van der Waals surface area contributed by atoms with E-state index >= 15 is 0 Å². The highest BCUT2D eigenvalue weighted by molar-refractivity contribution is 7.20. The second-order valence-electron chi connectivity index (χ2n) is 5.56. The number of thiophene rings is 1. The number of carbonyl (C=O) groups is 1. The number of methoxy groups -OCH3 is 2. The van der Waals surface area contributed by atoms with Crippen molar-refractivity contribution in [3.8, 4) is 17.2 Å². The topological polar surface area (TPSA) is 123 Å². The summed E-state index contributed by atoms with van der Waals surface area (Å²) in [4.78, 5) is 23.0. The lowest BCUT2D eigenvalue weighted by Crippen LogP contribution is -2.16. The van der Waals surface area contributed by atoms with Gasteiger partial charge in [0.2, 0.25) is 5.75 Å². The van der Waals surface area contributed by atoms with Crippen LogP contribution in [0.2, 0.25) is 0 Å². The number of nitrogens with one attached hydrogen (secondary N) is 1. The number of hydrogen-bond donors (Lipinski definition) is 2. The lowest BCUT2D eigenvalue weighted by Gasteiger charge is -2.09. The number of amides is 1. The van der Waals surface area contributed by atoms with E-state index in [2.05, 4.69) is 10.5 Å². The van der Waals surface area contributed by atoms with Gasteiger partial charge in [-0.15, -0.1) is 11.3 Å². The van der Waals surface area contributed by atoms with Gasteiger partial charge < -0.3 is 14.6 Å². The summed E-state index contributed by atoms with van der Waals surface area (Å²) in [5.41, 5.74) is 2.90. The molecule has 2 aromatic carbocycles. The Labute approximate surface area is 163 Å². The van der Waals surface area contributed by atoms with E-state index in [-0.39, 0.29) is 22.9 Å². The maximum atomic E-state index is 12.3. The zero-order valence-corrected chi connectivity index (χ0v) is 15.6. The number of carbonyl (C=O) groups excluding carboxylic acids is 1. The fraction of sp³-hybridized carbons (Fsp3) is 0.111. The molecule has 28 heavy (non-hydrogen) atoms. The normalized spacial score (nSPS) is 10.9. The van der Waals surface area contributed by atoms with Crippen LogP contribution in [0.3, 0.4) is 0 Å². The summed E-state index contributed by atoms with van der Waals surface area (Å²) >= 11 is 1.20. The minimum atomic E-state index is -0.485. The standard InChI is InChI=1S/C18H15N3O6S/c1-26-13-5-10(6-14(27-2)17(13)22)9-19-20-18(23)16-8-11-7-12(21(24)25)3-4-15(11)28-16/h3-9,22H,1-2H3,(H,20,23)/b19-9-. The molecule has 0 spiro atoms. The summed E-state index contributed by atoms with van der Waals surface area (Å²) in [6.07, 6.45) is 1.38. The summed E-state index contributed by atoms with van der Waals surface area (Å²) in [5, 5.41) is 25.3. The predicted molar refractivity (Wildman–Crippen MR) is 105 cm³/mol. The number of phenolic OH excluding ortho intramolecular Hbond substituents is 1. The van der Waals surface area contributed by atoms with Crippen molar-refractivity contribution in [3.63, 3.8) is 0 Å². The number of benzene rings is 2. The molecule has 0 fully saturated rings. The van der Waals surface area contributed by atoms with E-state index < -0.39 is 10.8 Å². The second kappa shape index (κ2) is 7.92. The molecule has 1 heterocycles. The number of nitro benzene ring substituents is 1. The largest absolute Gasteiger partial charge is 0.502 e. The molecule has 0 bridgehead atoms. The number of nitrogens with zero attached hydrogens (tertiary/aromatic N) is 2. The van der Waals surface area contributed by atoms with Crippen LogP contribution >= 0.6 is 11.3 Å². The number of rotatable bonds is 6. The fourth-order valence-electron chi connectivity index (χ4n) is 2.47. The van der Waals surface area contributed by atoms with E-state index in [1.54, 1.807) is 12.1 Å². The molecule has 0 atom stereocenters. The third-order valence-corrected chi connectivity index (χ3v) is 4.93. The van der Waals surface area contributed by atoms with E-state index in [0.29, 0.717) is 15.8 Å². The van der Waals surface area contributed by atoms with Crippen LogP contribution in [0.25, 0.3) is 10.1 Å². The molecule has 0 radical (unpaired) electrons.